The summed E-state index contributed by atoms with van der Waals surface area (Å²) in [6.45, 7) is 5.86. The first-order chi connectivity index (χ1) is 8.56. The van der Waals surface area contributed by atoms with Gasteiger partial charge in [0.15, 0.2) is 5.13 Å². The van der Waals surface area contributed by atoms with Crippen molar-refractivity contribution >= 4 is 28.2 Å². The van der Waals surface area contributed by atoms with Crippen LogP contribution >= 0.6 is 11.3 Å². The van der Waals surface area contributed by atoms with E-state index in [0.717, 1.165) is 21.8 Å². The Kier molecular flexibility index (Phi) is 3.62. The lowest BCUT2D eigenvalue weighted by Crippen LogP contribution is -2.19. The fourth-order valence-electron chi connectivity index (χ4n) is 1.49. The topological polar surface area (TPSA) is 54.0 Å². The first kappa shape index (κ1) is 12.6. The van der Waals surface area contributed by atoms with Crippen molar-refractivity contribution in [3.8, 4) is 0 Å². The summed E-state index contributed by atoms with van der Waals surface area (Å²) in [5.41, 5.74) is 2.78. The Bertz CT molecular complexity index is 558. The number of aryl methyl sites for hydroxylation is 3. The molecule has 0 spiro atoms. The lowest BCUT2D eigenvalue weighted by Gasteiger charge is -2.07. The van der Waals surface area contributed by atoms with E-state index in [0.29, 0.717) is 5.13 Å². The summed E-state index contributed by atoms with van der Waals surface area (Å²) in [5.74, 6) is 0. The van der Waals surface area contributed by atoms with Gasteiger partial charge in [0.2, 0.25) is 0 Å². The highest BCUT2D eigenvalue weighted by atomic mass is 32.1. The van der Waals surface area contributed by atoms with Crippen molar-refractivity contribution in [3.05, 3.63) is 40.4 Å². The van der Waals surface area contributed by atoms with E-state index >= 15 is 0 Å². The van der Waals surface area contributed by atoms with Crippen molar-refractivity contribution in [1.29, 1.82) is 0 Å². The van der Waals surface area contributed by atoms with Crippen molar-refractivity contribution in [3.63, 3.8) is 0 Å². The molecule has 4 nitrogen and oxygen atoms in total. The van der Waals surface area contributed by atoms with E-state index in [1.807, 2.05) is 45.0 Å². The van der Waals surface area contributed by atoms with Crippen LogP contribution in [0.1, 0.15) is 16.1 Å². The van der Waals surface area contributed by atoms with Crippen LogP contribution in [0.15, 0.2) is 24.3 Å². The zero-order chi connectivity index (χ0) is 13.1. The van der Waals surface area contributed by atoms with Gasteiger partial charge in [-0.25, -0.2) is 9.78 Å². The number of nitrogens with one attached hydrogen (secondary N) is 2. The van der Waals surface area contributed by atoms with Gasteiger partial charge in [0.1, 0.15) is 0 Å². The molecule has 1 heterocycles. The van der Waals surface area contributed by atoms with E-state index in [9.17, 15) is 4.79 Å². The highest BCUT2D eigenvalue weighted by molar-refractivity contribution is 7.15. The molecule has 18 heavy (non-hydrogen) atoms. The molecule has 2 rings (SSSR count). The Balaban J connectivity index is 2.03. The number of carbonyl (C=O) groups excluding carboxylic acids is 1. The normalized spacial score (nSPS) is 10.2. The number of para-hydroxylation sites is 1. The van der Waals surface area contributed by atoms with E-state index < -0.39 is 0 Å². The van der Waals surface area contributed by atoms with Crippen LogP contribution in [0.4, 0.5) is 15.6 Å². The predicted molar refractivity (Wildman–Crippen MR) is 75.4 cm³/mol. The summed E-state index contributed by atoms with van der Waals surface area (Å²) in [4.78, 5) is 17.2. The minimum absolute atomic E-state index is 0.266. The van der Waals surface area contributed by atoms with Gasteiger partial charge in [-0.15, -0.1) is 11.3 Å². The van der Waals surface area contributed by atoms with Gasteiger partial charge in [0.05, 0.1) is 5.69 Å². The molecule has 0 unspecified atom stereocenters. The van der Waals surface area contributed by atoms with Crippen molar-refractivity contribution in [1.82, 2.24) is 4.98 Å². The highest BCUT2D eigenvalue weighted by Crippen LogP contribution is 2.21. The van der Waals surface area contributed by atoms with Crippen LogP contribution < -0.4 is 10.6 Å². The number of anilines is 2. The van der Waals surface area contributed by atoms with E-state index in [4.69, 9.17) is 0 Å². The number of carbonyl (C=O) groups is 1. The third-order valence-corrected chi connectivity index (χ3v) is 3.63. The maximum Gasteiger partial charge on any atom is 0.325 e. The molecule has 1 aromatic carbocycles. The second kappa shape index (κ2) is 5.18. The van der Waals surface area contributed by atoms with Crippen molar-refractivity contribution < 1.29 is 4.79 Å². The third-order valence-electron chi connectivity index (χ3n) is 2.64. The maximum absolute atomic E-state index is 11.8. The summed E-state index contributed by atoms with van der Waals surface area (Å²) in [5, 5.41) is 6.16. The Morgan fingerprint density at radius 2 is 1.89 bits per heavy atom. The molecular formula is C13H15N3OS. The van der Waals surface area contributed by atoms with Crippen LogP contribution in [0.2, 0.25) is 0 Å². The van der Waals surface area contributed by atoms with Gasteiger partial charge in [-0.2, -0.15) is 0 Å². The lowest BCUT2D eigenvalue weighted by molar-refractivity contribution is 0.262. The molecule has 2 aromatic rings. The average Bonchev–Trinajstić information content (AvgIpc) is 2.61. The van der Waals surface area contributed by atoms with Crippen LogP contribution in [0.3, 0.4) is 0 Å². The van der Waals surface area contributed by atoms with Crippen molar-refractivity contribution in [2.75, 3.05) is 10.6 Å². The highest BCUT2D eigenvalue weighted by Gasteiger charge is 2.08. The first-order valence-corrected chi connectivity index (χ1v) is 6.45. The molecule has 94 valence electrons. The second-order valence-electron chi connectivity index (χ2n) is 4.05. The smallest absolute Gasteiger partial charge is 0.307 e. The first-order valence-electron chi connectivity index (χ1n) is 5.64. The quantitative estimate of drug-likeness (QED) is 0.865. The van der Waals surface area contributed by atoms with Crippen LogP contribution in [0.25, 0.3) is 0 Å². The van der Waals surface area contributed by atoms with Gasteiger partial charge >= 0.3 is 6.03 Å². The monoisotopic (exact) mass is 261 g/mol. The number of benzene rings is 1. The molecule has 0 bridgehead atoms. The van der Waals surface area contributed by atoms with E-state index in [1.54, 1.807) is 0 Å². The molecule has 0 aliphatic rings. The van der Waals surface area contributed by atoms with E-state index in [2.05, 4.69) is 15.6 Å². The standard InChI is InChI=1S/C13H15N3OS/c1-8-6-4-5-7-11(8)15-12(17)16-13-14-9(2)10(3)18-13/h4-7H,1-3H3,(H2,14,15,16,17). The Morgan fingerprint density at radius 1 is 1.17 bits per heavy atom. The minimum Gasteiger partial charge on any atom is -0.307 e. The molecule has 0 radical (unpaired) electrons. The van der Waals surface area contributed by atoms with E-state index in [1.165, 1.54) is 11.3 Å². The maximum atomic E-state index is 11.8. The lowest BCUT2D eigenvalue weighted by atomic mass is 10.2. The Morgan fingerprint density at radius 3 is 2.50 bits per heavy atom. The third kappa shape index (κ3) is 2.87. The number of aromatic nitrogens is 1. The molecule has 0 aliphatic heterocycles. The van der Waals surface area contributed by atoms with Gasteiger partial charge in [0, 0.05) is 10.6 Å². The fourth-order valence-corrected chi connectivity index (χ4v) is 2.30. The molecule has 0 fully saturated rings. The van der Waals surface area contributed by atoms with Crippen LogP contribution in [-0.4, -0.2) is 11.0 Å². The molecule has 0 saturated heterocycles. The zero-order valence-electron chi connectivity index (χ0n) is 10.6. The molecular weight excluding hydrogens is 246 g/mol. The summed E-state index contributed by atoms with van der Waals surface area (Å²) in [6.07, 6.45) is 0. The fraction of sp³-hybridized carbons (Fsp3) is 0.231. The molecule has 1 aromatic heterocycles. The van der Waals surface area contributed by atoms with Gasteiger partial charge in [0.25, 0.3) is 0 Å². The number of hydrogen-bond donors (Lipinski definition) is 2. The van der Waals surface area contributed by atoms with Crippen molar-refractivity contribution in [2.45, 2.75) is 20.8 Å². The van der Waals surface area contributed by atoms with Crippen LogP contribution in [0, 0.1) is 20.8 Å². The second-order valence-corrected chi connectivity index (χ2v) is 5.26. The molecule has 0 aliphatic carbocycles. The summed E-state index contributed by atoms with van der Waals surface area (Å²) in [7, 11) is 0. The zero-order valence-corrected chi connectivity index (χ0v) is 11.4. The SMILES string of the molecule is Cc1ccccc1NC(=O)Nc1nc(C)c(C)s1. The molecule has 0 saturated carbocycles. The Labute approximate surface area is 110 Å². The average molecular weight is 261 g/mol. The predicted octanol–water partition coefficient (Wildman–Crippen LogP) is 3.71. The molecule has 5 heteroatoms. The van der Waals surface area contributed by atoms with Crippen LogP contribution in [-0.2, 0) is 0 Å². The van der Waals surface area contributed by atoms with Crippen LogP contribution in [0.5, 0.6) is 0 Å². The van der Waals surface area contributed by atoms with Gasteiger partial charge in [-0.3, -0.25) is 5.32 Å². The molecule has 2 amide bonds. The van der Waals surface area contributed by atoms with Gasteiger partial charge < -0.3 is 5.32 Å². The number of thiazole rings is 1. The number of hydrogen-bond acceptors (Lipinski definition) is 3. The number of urea groups is 1. The minimum atomic E-state index is -0.266. The van der Waals surface area contributed by atoms with Gasteiger partial charge in [-0.1, -0.05) is 18.2 Å². The largest absolute Gasteiger partial charge is 0.325 e. The number of amides is 2. The van der Waals surface area contributed by atoms with Gasteiger partial charge in [-0.05, 0) is 32.4 Å². The van der Waals surface area contributed by atoms with E-state index in [-0.39, 0.29) is 6.03 Å². The summed E-state index contributed by atoms with van der Waals surface area (Å²) >= 11 is 1.47. The Hall–Kier alpha value is -1.88. The molecule has 0 atom stereocenters. The summed E-state index contributed by atoms with van der Waals surface area (Å²) < 4.78 is 0. The summed E-state index contributed by atoms with van der Waals surface area (Å²) in [6, 6.07) is 7.38. The number of nitrogens with zero attached hydrogens (tertiary/aromatic N) is 1. The molecule has 2 N–H and O–H groups in total. The number of rotatable bonds is 2. The van der Waals surface area contributed by atoms with Crippen molar-refractivity contribution in [2.24, 2.45) is 0 Å².